The topological polar surface area (TPSA) is 65.0 Å². The van der Waals surface area contributed by atoms with Crippen LogP contribution >= 0.6 is 0 Å². The summed E-state index contributed by atoms with van der Waals surface area (Å²) in [6, 6.07) is 11.3. The van der Waals surface area contributed by atoms with E-state index in [9.17, 15) is 4.79 Å². The molecule has 0 amide bonds. The lowest BCUT2D eigenvalue weighted by molar-refractivity contribution is 0.0350. The van der Waals surface area contributed by atoms with Gasteiger partial charge < -0.3 is 4.74 Å². The third-order valence-corrected chi connectivity index (χ3v) is 5.25. The van der Waals surface area contributed by atoms with Crippen LogP contribution in [-0.2, 0) is 0 Å². The maximum atomic E-state index is 12.7. The van der Waals surface area contributed by atoms with Crippen molar-refractivity contribution in [3.63, 3.8) is 0 Å². The average molecular weight is 359 g/mol. The van der Waals surface area contributed by atoms with Crippen molar-refractivity contribution in [2.75, 3.05) is 0 Å². The fraction of sp³-hybridized carbons (Fsp3) is 0.273. The summed E-state index contributed by atoms with van der Waals surface area (Å²) in [4.78, 5) is 25.9. The first kappa shape index (κ1) is 17.3. The normalized spacial score (nSPS) is 15.1. The molecule has 1 aliphatic rings. The van der Waals surface area contributed by atoms with Gasteiger partial charge in [-0.05, 0) is 43.2 Å². The number of ether oxygens (including phenoxy) is 1. The molecule has 3 heterocycles. The van der Waals surface area contributed by atoms with E-state index >= 15 is 0 Å². The van der Waals surface area contributed by atoms with Gasteiger partial charge in [-0.1, -0.05) is 19.9 Å². The molecule has 0 atom stereocenters. The second kappa shape index (κ2) is 6.91. The van der Waals surface area contributed by atoms with Gasteiger partial charge in [0.2, 0.25) is 0 Å². The van der Waals surface area contributed by atoms with Crippen molar-refractivity contribution in [3.05, 3.63) is 60.6 Å². The van der Waals surface area contributed by atoms with Crippen LogP contribution in [0.2, 0.25) is 0 Å². The Morgan fingerprint density at radius 1 is 1.00 bits per heavy atom. The predicted octanol–water partition coefficient (Wildman–Crippen LogP) is 4.73. The van der Waals surface area contributed by atoms with Gasteiger partial charge in [0.25, 0.3) is 0 Å². The van der Waals surface area contributed by atoms with Gasteiger partial charge in [-0.25, -0.2) is 9.97 Å². The quantitative estimate of drug-likeness (QED) is 0.674. The van der Waals surface area contributed by atoms with Crippen molar-refractivity contribution < 1.29 is 9.53 Å². The molecule has 0 saturated heterocycles. The highest BCUT2D eigenvalue weighted by atomic mass is 16.5. The molecule has 1 aromatic carbocycles. The minimum atomic E-state index is -0.383. The number of ketones is 1. The van der Waals surface area contributed by atoms with Crippen molar-refractivity contribution in [3.8, 4) is 28.4 Å². The first-order valence-corrected chi connectivity index (χ1v) is 9.24. The summed E-state index contributed by atoms with van der Waals surface area (Å²) in [5.41, 5.74) is 2.72. The molecule has 0 unspecified atom stereocenters. The number of hydrogen-bond acceptors (Lipinski definition) is 5. The van der Waals surface area contributed by atoms with E-state index in [2.05, 4.69) is 28.8 Å². The smallest absolute Gasteiger partial charge is 0.170 e. The van der Waals surface area contributed by atoms with Crippen LogP contribution in [0.1, 0.15) is 43.5 Å². The Bertz CT molecular complexity index is 965. The highest BCUT2D eigenvalue weighted by molar-refractivity contribution is 6.01. The highest BCUT2D eigenvalue weighted by Gasteiger charge is 2.37. The van der Waals surface area contributed by atoms with Gasteiger partial charge in [0.05, 0.1) is 17.7 Å². The van der Waals surface area contributed by atoms with Crippen molar-refractivity contribution in [1.29, 1.82) is 0 Å². The lowest BCUT2D eigenvalue weighted by atomic mass is 9.85. The van der Waals surface area contributed by atoms with Crippen LogP contribution in [0.15, 0.2) is 55.0 Å². The third-order valence-electron chi connectivity index (χ3n) is 5.25. The highest BCUT2D eigenvalue weighted by Crippen LogP contribution is 2.38. The van der Waals surface area contributed by atoms with Crippen LogP contribution < -0.4 is 4.74 Å². The number of fused-ring (bicyclic) bond motifs is 1. The number of benzene rings is 1. The molecular weight excluding hydrogens is 338 g/mol. The fourth-order valence-corrected chi connectivity index (χ4v) is 3.42. The SMILES string of the molecule is CCC1(CC)CC(=O)c2cc(-c3ncc(-c4ccccn4)cn3)ccc2O1. The van der Waals surface area contributed by atoms with Gasteiger partial charge in [0, 0.05) is 29.7 Å². The van der Waals surface area contributed by atoms with Crippen molar-refractivity contribution in [2.45, 2.75) is 38.7 Å². The minimum Gasteiger partial charge on any atom is -0.486 e. The van der Waals surface area contributed by atoms with Crippen LogP contribution in [0.25, 0.3) is 22.6 Å². The van der Waals surface area contributed by atoms with Crippen LogP contribution in [-0.4, -0.2) is 26.3 Å². The number of Topliss-reactive ketones (excluding diaryl/α,β-unsaturated/α-hetero) is 1. The molecule has 0 bridgehead atoms. The number of aromatic nitrogens is 3. The number of carbonyl (C=O) groups is 1. The number of carbonyl (C=O) groups excluding carboxylic acids is 1. The molecule has 0 saturated carbocycles. The Morgan fingerprint density at radius 2 is 1.78 bits per heavy atom. The molecule has 0 fully saturated rings. The van der Waals surface area contributed by atoms with E-state index < -0.39 is 0 Å². The molecular formula is C22H21N3O2. The molecule has 1 aliphatic heterocycles. The number of pyridine rings is 1. The van der Waals surface area contributed by atoms with Crippen LogP contribution in [0.4, 0.5) is 0 Å². The maximum Gasteiger partial charge on any atom is 0.170 e. The Hall–Kier alpha value is -3.08. The van der Waals surface area contributed by atoms with E-state index in [1.54, 1.807) is 18.6 Å². The summed E-state index contributed by atoms with van der Waals surface area (Å²) in [5.74, 6) is 1.35. The Labute approximate surface area is 158 Å². The summed E-state index contributed by atoms with van der Waals surface area (Å²) < 4.78 is 6.19. The van der Waals surface area contributed by atoms with Crippen molar-refractivity contribution >= 4 is 5.78 Å². The molecule has 0 N–H and O–H groups in total. The van der Waals surface area contributed by atoms with E-state index in [1.165, 1.54) is 0 Å². The average Bonchev–Trinajstić information content (AvgIpc) is 2.74. The van der Waals surface area contributed by atoms with Gasteiger partial charge in [-0.2, -0.15) is 0 Å². The summed E-state index contributed by atoms with van der Waals surface area (Å²) in [5, 5.41) is 0. The zero-order valence-electron chi connectivity index (χ0n) is 15.5. The number of hydrogen-bond donors (Lipinski definition) is 0. The first-order chi connectivity index (χ1) is 13.1. The van der Waals surface area contributed by atoms with E-state index in [0.29, 0.717) is 23.6 Å². The largest absolute Gasteiger partial charge is 0.486 e. The zero-order valence-corrected chi connectivity index (χ0v) is 15.5. The van der Waals surface area contributed by atoms with E-state index in [0.717, 1.165) is 29.7 Å². The summed E-state index contributed by atoms with van der Waals surface area (Å²) in [7, 11) is 0. The third kappa shape index (κ3) is 3.21. The lowest BCUT2D eigenvalue weighted by Gasteiger charge is -2.36. The maximum absolute atomic E-state index is 12.7. The Balaban J connectivity index is 1.65. The number of nitrogens with zero attached hydrogens (tertiary/aromatic N) is 3. The van der Waals surface area contributed by atoms with Gasteiger partial charge in [-0.15, -0.1) is 0 Å². The molecule has 27 heavy (non-hydrogen) atoms. The molecule has 4 rings (SSSR count). The number of rotatable bonds is 4. The van der Waals surface area contributed by atoms with Crippen molar-refractivity contribution in [1.82, 2.24) is 15.0 Å². The Morgan fingerprint density at radius 3 is 2.44 bits per heavy atom. The molecule has 0 radical (unpaired) electrons. The van der Waals surface area contributed by atoms with E-state index in [1.807, 2.05) is 36.4 Å². The van der Waals surface area contributed by atoms with Gasteiger partial charge in [0.15, 0.2) is 11.6 Å². The van der Waals surface area contributed by atoms with Gasteiger partial charge >= 0.3 is 0 Å². The molecule has 136 valence electrons. The minimum absolute atomic E-state index is 0.118. The predicted molar refractivity (Wildman–Crippen MR) is 104 cm³/mol. The fourth-order valence-electron chi connectivity index (χ4n) is 3.42. The monoisotopic (exact) mass is 359 g/mol. The summed E-state index contributed by atoms with van der Waals surface area (Å²) in [6.45, 7) is 4.13. The molecule has 0 aliphatic carbocycles. The molecule has 3 aromatic rings. The van der Waals surface area contributed by atoms with Crippen molar-refractivity contribution in [2.24, 2.45) is 0 Å². The molecule has 2 aromatic heterocycles. The lowest BCUT2D eigenvalue weighted by Crippen LogP contribution is -2.40. The van der Waals surface area contributed by atoms with Gasteiger partial charge in [-0.3, -0.25) is 9.78 Å². The van der Waals surface area contributed by atoms with E-state index in [-0.39, 0.29) is 11.4 Å². The van der Waals surface area contributed by atoms with Gasteiger partial charge in [0.1, 0.15) is 11.4 Å². The summed E-state index contributed by atoms with van der Waals surface area (Å²) in [6.07, 6.45) is 7.28. The zero-order chi connectivity index (χ0) is 18.9. The van der Waals surface area contributed by atoms with Crippen LogP contribution in [0.5, 0.6) is 5.75 Å². The second-order valence-electron chi connectivity index (χ2n) is 6.81. The molecule has 5 nitrogen and oxygen atoms in total. The van der Waals surface area contributed by atoms with Crippen LogP contribution in [0.3, 0.4) is 0 Å². The Kier molecular flexibility index (Phi) is 4.44. The van der Waals surface area contributed by atoms with E-state index in [4.69, 9.17) is 4.74 Å². The standard InChI is InChI=1S/C22H21N3O2/c1-3-22(4-2)12-19(26)17-11-15(8-9-20(17)27-22)21-24-13-16(14-25-21)18-7-5-6-10-23-18/h5-11,13-14H,3-4,12H2,1-2H3. The molecule has 0 spiro atoms. The second-order valence-corrected chi connectivity index (χ2v) is 6.81. The summed E-state index contributed by atoms with van der Waals surface area (Å²) >= 11 is 0. The first-order valence-electron chi connectivity index (χ1n) is 9.24. The van der Waals surface area contributed by atoms with Crippen LogP contribution in [0, 0.1) is 0 Å². The molecule has 5 heteroatoms.